The molecule has 17 heavy (non-hydrogen) atoms. The van der Waals surface area contributed by atoms with Crippen molar-refractivity contribution in [1.29, 1.82) is 0 Å². The van der Waals surface area contributed by atoms with Crippen molar-refractivity contribution in [3.05, 3.63) is 35.6 Å². The van der Waals surface area contributed by atoms with E-state index in [9.17, 15) is 13.2 Å². The first kappa shape index (κ1) is 14.0. The van der Waals surface area contributed by atoms with Crippen LogP contribution in [0.15, 0.2) is 24.3 Å². The van der Waals surface area contributed by atoms with E-state index in [1.54, 1.807) is 25.1 Å². The molecule has 0 fully saturated rings. The highest BCUT2D eigenvalue weighted by molar-refractivity contribution is 5.18. The lowest BCUT2D eigenvalue weighted by Crippen LogP contribution is -2.38. The van der Waals surface area contributed by atoms with Crippen LogP contribution in [0.1, 0.15) is 12.5 Å². The largest absolute Gasteiger partial charge is 0.386 e. The van der Waals surface area contributed by atoms with E-state index in [4.69, 9.17) is 5.11 Å². The summed E-state index contributed by atoms with van der Waals surface area (Å²) in [5.41, 5.74) is 0.527. The van der Waals surface area contributed by atoms with Crippen molar-refractivity contribution < 1.29 is 18.3 Å². The van der Waals surface area contributed by atoms with Crippen molar-refractivity contribution in [2.45, 2.75) is 31.9 Å². The van der Waals surface area contributed by atoms with E-state index in [1.165, 1.54) is 6.07 Å². The van der Waals surface area contributed by atoms with Gasteiger partial charge in [0, 0.05) is 12.6 Å². The maximum Gasteiger partial charge on any atom is 0.265 e. The van der Waals surface area contributed by atoms with Gasteiger partial charge < -0.3 is 10.4 Å². The molecular formula is C12H16F3NO. The lowest BCUT2D eigenvalue weighted by atomic mass is 10.1. The summed E-state index contributed by atoms with van der Waals surface area (Å²) >= 11 is 0. The van der Waals surface area contributed by atoms with Gasteiger partial charge in [0.25, 0.3) is 6.43 Å². The number of aliphatic hydroxyl groups excluding tert-OH is 1. The molecule has 0 heterocycles. The fourth-order valence-corrected chi connectivity index (χ4v) is 1.48. The van der Waals surface area contributed by atoms with Crippen molar-refractivity contribution in [3.63, 3.8) is 0 Å². The number of hydrogen-bond acceptors (Lipinski definition) is 2. The minimum Gasteiger partial charge on any atom is -0.386 e. The van der Waals surface area contributed by atoms with E-state index in [1.807, 2.05) is 0 Å². The molecule has 2 nitrogen and oxygen atoms in total. The molecule has 5 heteroatoms. The molecule has 2 N–H and O–H groups in total. The highest BCUT2D eigenvalue weighted by atomic mass is 19.3. The van der Waals surface area contributed by atoms with Gasteiger partial charge in [0.2, 0.25) is 0 Å². The van der Waals surface area contributed by atoms with Gasteiger partial charge in [-0.1, -0.05) is 18.2 Å². The van der Waals surface area contributed by atoms with Gasteiger partial charge in [-0.15, -0.1) is 0 Å². The smallest absolute Gasteiger partial charge is 0.265 e. The summed E-state index contributed by atoms with van der Waals surface area (Å²) in [5.74, 6) is -0.310. The van der Waals surface area contributed by atoms with Crippen LogP contribution < -0.4 is 5.32 Å². The molecule has 0 spiro atoms. The Bertz CT molecular complexity index is 346. The van der Waals surface area contributed by atoms with E-state index >= 15 is 0 Å². The fraction of sp³-hybridized carbons (Fsp3) is 0.500. The fourth-order valence-electron chi connectivity index (χ4n) is 1.48. The number of aliphatic hydroxyl groups is 1. The van der Waals surface area contributed by atoms with Gasteiger partial charge in [-0.2, -0.15) is 0 Å². The molecule has 1 rings (SSSR count). The summed E-state index contributed by atoms with van der Waals surface area (Å²) in [7, 11) is 0. The quantitative estimate of drug-likeness (QED) is 0.805. The Morgan fingerprint density at radius 3 is 2.53 bits per heavy atom. The Morgan fingerprint density at radius 1 is 1.29 bits per heavy atom. The molecule has 0 bridgehead atoms. The molecule has 0 aliphatic heterocycles. The van der Waals surface area contributed by atoms with Crippen molar-refractivity contribution in [1.82, 2.24) is 5.32 Å². The number of alkyl halides is 2. The zero-order valence-corrected chi connectivity index (χ0v) is 9.54. The lowest BCUT2D eigenvalue weighted by molar-refractivity contribution is -0.00435. The van der Waals surface area contributed by atoms with Gasteiger partial charge in [-0.25, -0.2) is 13.2 Å². The van der Waals surface area contributed by atoms with Gasteiger partial charge in [-0.3, -0.25) is 0 Å². The average molecular weight is 247 g/mol. The third-order valence-electron chi connectivity index (χ3n) is 2.45. The zero-order valence-electron chi connectivity index (χ0n) is 9.54. The zero-order chi connectivity index (χ0) is 12.8. The second-order valence-electron chi connectivity index (χ2n) is 4.01. The number of benzene rings is 1. The minimum atomic E-state index is -2.76. The van der Waals surface area contributed by atoms with Crippen LogP contribution >= 0.6 is 0 Å². The van der Waals surface area contributed by atoms with E-state index < -0.39 is 12.5 Å². The van der Waals surface area contributed by atoms with Crippen LogP contribution in [0.4, 0.5) is 13.2 Å². The van der Waals surface area contributed by atoms with Crippen molar-refractivity contribution in [3.8, 4) is 0 Å². The highest BCUT2D eigenvalue weighted by Crippen LogP contribution is 2.09. The second-order valence-corrected chi connectivity index (χ2v) is 4.01. The first-order valence-corrected chi connectivity index (χ1v) is 5.43. The predicted molar refractivity (Wildman–Crippen MR) is 59.6 cm³/mol. The summed E-state index contributed by atoms with van der Waals surface area (Å²) in [6.07, 6.45) is -4.05. The van der Waals surface area contributed by atoms with E-state index in [-0.39, 0.29) is 18.4 Å². The Kier molecular flexibility index (Phi) is 5.44. The number of hydrogen-bond donors (Lipinski definition) is 2. The molecule has 1 aromatic rings. The molecule has 0 radical (unpaired) electrons. The van der Waals surface area contributed by atoms with Crippen LogP contribution in [0.5, 0.6) is 0 Å². The van der Waals surface area contributed by atoms with Gasteiger partial charge >= 0.3 is 0 Å². The Balaban J connectivity index is 2.40. The number of nitrogens with one attached hydrogen (secondary N) is 1. The summed E-state index contributed by atoms with van der Waals surface area (Å²) < 4.78 is 37.3. The number of halogens is 3. The van der Waals surface area contributed by atoms with Crippen molar-refractivity contribution in [2.24, 2.45) is 0 Å². The van der Waals surface area contributed by atoms with Gasteiger partial charge in [0.1, 0.15) is 11.9 Å². The molecule has 0 saturated carbocycles. The van der Waals surface area contributed by atoms with Crippen molar-refractivity contribution >= 4 is 0 Å². The third-order valence-corrected chi connectivity index (χ3v) is 2.45. The molecule has 2 unspecified atom stereocenters. The molecule has 1 aromatic carbocycles. The standard InChI is InChI=1S/C12H16F3NO/c1-8(16-7-11(17)12(14)15)6-9-4-2-3-5-10(9)13/h2-5,8,11-12,16-17H,6-7H2,1H3. The Hall–Kier alpha value is -1.07. The molecule has 2 atom stereocenters. The molecule has 0 aromatic heterocycles. The molecule has 0 aliphatic carbocycles. The molecule has 0 saturated heterocycles. The van der Waals surface area contributed by atoms with Gasteiger partial charge in [0.05, 0.1) is 0 Å². The van der Waals surface area contributed by atoms with E-state index in [0.717, 1.165) is 0 Å². The van der Waals surface area contributed by atoms with Crippen LogP contribution in [-0.4, -0.2) is 30.2 Å². The topological polar surface area (TPSA) is 32.3 Å². The summed E-state index contributed by atoms with van der Waals surface area (Å²) in [5, 5.41) is 11.7. The second kappa shape index (κ2) is 6.61. The van der Waals surface area contributed by atoms with Gasteiger partial charge in [0.15, 0.2) is 0 Å². The third kappa shape index (κ3) is 4.75. The van der Waals surface area contributed by atoms with Crippen LogP contribution in [-0.2, 0) is 6.42 Å². The van der Waals surface area contributed by atoms with Crippen molar-refractivity contribution in [2.75, 3.05) is 6.54 Å². The van der Waals surface area contributed by atoms with Crippen LogP contribution in [0.2, 0.25) is 0 Å². The first-order valence-electron chi connectivity index (χ1n) is 5.43. The maximum absolute atomic E-state index is 13.3. The SMILES string of the molecule is CC(Cc1ccccc1F)NCC(O)C(F)F. The van der Waals surface area contributed by atoms with Crippen LogP contribution in [0, 0.1) is 5.82 Å². The Labute approximate surface area is 98.5 Å². The predicted octanol–water partition coefficient (Wildman–Crippen LogP) is 1.97. The summed E-state index contributed by atoms with van der Waals surface area (Å²) in [6, 6.07) is 6.14. The maximum atomic E-state index is 13.3. The highest BCUT2D eigenvalue weighted by Gasteiger charge is 2.17. The molecule has 96 valence electrons. The Morgan fingerprint density at radius 2 is 1.94 bits per heavy atom. The molecular weight excluding hydrogens is 231 g/mol. The number of rotatable bonds is 6. The van der Waals surface area contributed by atoms with Gasteiger partial charge in [-0.05, 0) is 25.0 Å². The molecule has 0 amide bonds. The summed E-state index contributed by atoms with van der Waals surface area (Å²) in [4.78, 5) is 0. The van der Waals surface area contributed by atoms with Crippen LogP contribution in [0.25, 0.3) is 0 Å². The average Bonchev–Trinajstić information content (AvgIpc) is 2.29. The normalized spacial score (nSPS) is 14.9. The van der Waals surface area contributed by atoms with Crippen LogP contribution in [0.3, 0.4) is 0 Å². The lowest BCUT2D eigenvalue weighted by Gasteiger charge is -2.17. The summed E-state index contributed by atoms with van der Waals surface area (Å²) in [6.45, 7) is 1.55. The first-order chi connectivity index (χ1) is 8.00. The van der Waals surface area contributed by atoms with E-state index in [2.05, 4.69) is 5.32 Å². The molecule has 0 aliphatic rings. The minimum absolute atomic E-state index is 0.180. The van der Waals surface area contributed by atoms with E-state index in [0.29, 0.717) is 12.0 Å². The monoisotopic (exact) mass is 247 g/mol.